The lowest BCUT2D eigenvalue weighted by atomic mass is 9.71. The minimum absolute atomic E-state index is 0.202. The summed E-state index contributed by atoms with van der Waals surface area (Å²) >= 11 is 0. The van der Waals surface area contributed by atoms with E-state index < -0.39 is 0 Å². The van der Waals surface area contributed by atoms with E-state index in [9.17, 15) is 4.79 Å². The molecule has 2 rings (SSSR count). The minimum Gasteiger partial charge on any atom is -0.316 e. The van der Waals surface area contributed by atoms with Gasteiger partial charge in [0.1, 0.15) is 0 Å². The number of Topliss-reactive ketones (excluding diaryl/α,β-unsaturated/α-hetero) is 1. The molecule has 98 valence electrons. The van der Waals surface area contributed by atoms with Gasteiger partial charge in [-0.1, -0.05) is 39.0 Å². The molecule has 1 aliphatic rings. The van der Waals surface area contributed by atoms with E-state index in [4.69, 9.17) is 0 Å². The first-order valence-corrected chi connectivity index (χ1v) is 6.94. The third-order valence-electron chi connectivity index (χ3n) is 4.34. The Balaban J connectivity index is 2.34. The summed E-state index contributed by atoms with van der Waals surface area (Å²) in [6.45, 7) is 8.22. The van der Waals surface area contributed by atoms with Gasteiger partial charge in [0.25, 0.3) is 0 Å². The van der Waals surface area contributed by atoms with Crippen molar-refractivity contribution in [2.75, 3.05) is 13.1 Å². The summed E-state index contributed by atoms with van der Waals surface area (Å²) < 4.78 is 0. The molecule has 0 aliphatic carbocycles. The zero-order chi connectivity index (χ0) is 13.2. The predicted octanol–water partition coefficient (Wildman–Crippen LogP) is 3.07. The second kappa shape index (κ2) is 5.23. The van der Waals surface area contributed by atoms with E-state index in [1.54, 1.807) is 0 Å². The highest BCUT2D eigenvalue weighted by molar-refractivity contribution is 6.01. The second-order valence-corrected chi connectivity index (χ2v) is 5.62. The molecule has 18 heavy (non-hydrogen) atoms. The number of nitrogens with one attached hydrogen (secondary N) is 1. The van der Waals surface area contributed by atoms with Gasteiger partial charge >= 0.3 is 0 Å². The van der Waals surface area contributed by atoms with Gasteiger partial charge in [-0.15, -0.1) is 0 Å². The van der Waals surface area contributed by atoms with Crippen LogP contribution in [-0.4, -0.2) is 18.9 Å². The molecule has 0 spiro atoms. The number of aryl methyl sites for hydroxylation is 1. The molecule has 1 fully saturated rings. The Morgan fingerprint density at radius 2 is 2.22 bits per heavy atom. The van der Waals surface area contributed by atoms with Crippen molar-refractivity contribution in [3.8, 4) is 0 Å². The average Bonchev–Trinajstić information content (AvgIpc) is 2.88. The molecule has 2 nitrogen and oxygen atoms in total. The van der Waals surface area contributed by atoms with Crippen LogP contribution < -0.4 is 5.32 Å². The standard InChI is InChI=1S/C16H23NO/c1-4-13-6-5-7-14(10-13)15(18)16(12(2)3)8-9-17-11-16/h5-7,10,12,17H,4,8-9,11H2,1-3H3. The summed E-state index contributed by atoms with van der Waals surface area (Å²) in [5.74, 6) is 0.697. The molecule has 1 saturated heterocycles. The molecule has 1 aliphatic heterocycles. The van der Waals surface area contributed by atoms with Crippen molar-refractivity contribution in [1.82, 2.24) is 5.32 Å². The van der Waals surface area contributed by atoms with Crippen molar-refractivity contribution in [1.29, 1.82) is 0 Å². The summed E-state index contributed by atoms with van der Waals surface area (Å²) in [7, 11) is 0. The molecule has 0 bridgehead atoms. The zero-order valence-corrected chi connectivity index (χ0v) is 11.6. The Morgan fingerprint density at radius 1 is 1.44 bits per heavy atom. The van der Waals surface area contributed by atoms with Crippen molar-refractivity contribution in [2.24, 2.45) is 11.3 Å². The maximum absolute atomic E-state index is 12.8. The second-order valence-electron chi connectivity index (χ2n) is 5.62. The molecule has 1 atom stereocenters. The topological polar surface area (TPSA) is 29.1 Å². The fourth-order valence-electron chi connectivity index (χ4n) is 2.88. The quantitative estimate of drug-likeness (QED) is 0.826. The average molecular weight is 245 g/mol. The van der Waals surface area contributed by atoms with Crippen molar-refractivity contribution in [2.45, 2.75) is 33.6 Å². The molecular weight excluding hydrogens is 222 g/mol. The molecule has 1 unspecified atom stereocenters. The van der Waals surface area contributed by atoms with Gasteiger partial charge in [0, 0.05) is 17.5 Å². The molecule has 2 heteroatoms. The monoisotopic (exact) mass is 245 g/mol. The van der Waals surface area contributed by atoms with Crippen LogP contribution >= 0.6 is 0 Å². The van der Waals surface area contributed by atoms with Crippen molar-refractivity contribution < 1.29 is 4.79 Å². The minimum atomic E-state index is -0.202. The lowest BCUT2D eigenvalue weighted by molar-refractivity contribution is 0.0740. The number of hydrogen-bond acceptors (Lipinski definition) is 2. The molecule has 1 aromatic carbocycles. The van der Waals surface area contributed by atoms with Crippen LogP contribution in [0.25, 0.3) is 0 Å². The third kappa shape index (κ3) is 2.22. The Bertz CT molecular complexity index is 430. The smallest absolute Gasteiger partial charge is 0.170 e. The zero-order valence-electron chi connectivity index (χ0n) is 11.6. The molecule has 1 aromatic rings. The number of benzene rings is 1. The van der Waals surface area contributed by atoms with Gasteiger partial charge in [0.15, 0.2) is 5.78 Å². The number of carbonyl (C=O) groups is 1. The number of rotatable bonds is 4. The van der Waals surface area contributed by atoms with Gasteiger partial charge in [-0.2, -0.15) is 0 Å². The lowest BCUT2D eigenvalue weighted by Gasteiger charge is -2.31. The molecule has 0 amide bonds. The molecule has 0 aromatic heterocycles. The Kier molecular flexibility index (Phi) is 3.86. The molecular formula is C16H23NO. The van der Waals surface area contributed by atoms with Crippen LogP contribution in [0.5, 0.6) is 0 Å². The fourth-order valence-corrected chi connectivity index (χ4v) is 2.88. The van der Waals surface area contributed by atoms with E-state index in [2.05, 4.69) is 38.2 Å². The van der Waals surface area contributed by atoms with Gasteiger partial charge < -0.3 is 5.32 Å². The van der Waals surface area contributed by atoms with E-state index in [1.807, 2.05) is 12.1 Å². The third-order valence-corrected chi connectivity index (χ3v) is 4.34. The highest BCUT2D eigenvalue weighted by Gasteiger charge is 2.43. The molecule has 1 heterocycles. The van der Waals surface area contributed by atoms with Gasteiger partial charge in [0.05, 0.1) is 0 Å². The van der Waals surface area contributed by atoms with Crippen LogP contribution in [0.1, 0.15) is 43.1 Å². The van der Waals surface area contributed by atoms with Crippen molar-refractivity contribution in [3.63, 3.8) is 0 Å². The van der Waals surface area contributed by atoms with Crippen LogP contribution in [0.15, 0.2) is 24.3 Å². The summed E-state index contributed by atoms with van der Waals surface area (Å²) in [5, 5.41) is 3.35. The van der Waals surface area contributed by atoms with E-state index in [-0.39, 0.29) is 5.41 Å². The Hall–Kier alpha value is -1.15. The van der Waals surface area contributed by atoms with Gasteiger partial charge in [0.2, 0.25) is 0 Å². The van der Waals surface area contributed by atoms with E-state index in [0.717, 1.165) is 31.5 Å². The first kappa shape index (κ1) is 13.3. The van der Waals surface area contributed by atoms with E-state index in [1.165, 1.54) is 5.56 Å². The maximum Gasteiger partial charge on any atom is 0.170 e. The van der Waals surface area contributed by atoms with Crippen LogP contribution in [-0.2, 0) is 6.42 Å². The molecule has 0 radical (unpaired) electrons. The number of carbonyl (C=O) groups excluding carboxylic acids is 1. The van der Waals surface area contributed by atoms with Crippen molar-refractivity contribution in [3.05, 3.63) is 35.4 Å². The maximum atomic E-state index is 12.8. The van der Waals surface area contributed by atoms with Crippen LogP contribution in [0.4, 0.5) is 0 Å². The van der Waals surface area contributed by atoms with E-state index in [0.29, 0.717) is 11.7 Å². The SMILES string of the molecule is CCc1cccc(C(=O)C2(C(C)C)CCNC2)c1. The lowest BCUT2D eigenvalue weighted by Crippen LogP contribution is -2.38. The van der Waals surface area contributed by atoms with Gasteiger partial charge in [-0.3, -0.25) is 4.79 Å². The van der Waals surface area contributed by atoms with Gasteiger partial charge in [-0.25, -0.2) is 0 Å². The largest absolute Gasteiger partial charge is 0.316 e. The van der Waals surface area contributed by atoms with Gasteiger partial charge in [-0.05, 0) is 36.9 Å². The molecule has 1 N–H and O–H groups in total. The highest BCUT2D eigenvalue weighted by atomic mass is 16.1. The van der Waals surface area contributed by atoms with Crippen molar-refractivity contribution >= 4 is 5.78 Å². The summed E-state index contributed by atoms with van der Waals surface area (Å²) in [6, 6.07) is 8.11. The normalized spacial score (nSPS) is 23.6. The fraction of sp³-hybridized carbons (Fsp3) is 0.562. The summed E-state index contributed by atoms with van der Waals surface area (Å²) in [4.78, 5) is 12.8. The summed E-state index contributed by atoms with van der Waals surface area (Å²) in [5.41, 5.74) is 1.92. The predicted molar refractivity (Wildman–Crippen MR) is 74.9 cm³/mol. The number of ketones is 1. The molecule has 0 saturated carbocycles. The first-order valence-electron chi connectivity index (χ1n) is 6.94. The van der Waals surface area contributed by atoms with Crippen LogP contribution in [0.3, 0.4) is 0 Å². The Labute approximate surface area is 110 Å². The summed E-state index contributed by atoms with van der Waals surface area (Å²) in [6.07, 6.45) is 1.94. The Morgan fingerprint density at radius 3 is 2.78 bits per heavy atom. The highest BCUT2D eigenvalue weighted by Crippen LogP contribution is 2.37. The number of hydrogen-bond donors (Lipinski definition) is 1. The van der Waals surface area contributed by atoms with E-state index >= 15 is 0 Å². The van der Waals surface area contributed by atoms with Crippen LogP contribution in [0, 0.1) is 11.3 Å². The first-order chi connectivity index (χ1) is 8.60. The van der Waals surface area contributed by atoms with Crippen LogP contribution in [0.2, 0.25) is 0 Å².